The average molecular weight is 611 g/mol. The molecule has 4 fully saturated rings. The van der Waals surface area contributed by atoms with Crippen LogP contribution in [0.2, 0.25) is 0 Å². The van der Waals surface area contributed by atoms with Crippen molar-refractivity contribution in [3.05, 3.63) is 65.7 Å². The summed E-state index contributed by atoms with van der Waals surface area (Å²) in [7, 11) is 0. The molecule has 4 aliphatic rings. The fraction of sp³-hybridized carbons (Fsp3) is 0.643. The number of carbonyl (C=O) groups excluding carboxylic acids is 1. The van der Waals surface area contributed by atoms with E-state index in [0.29, 0.717) is 16.4 Å². The molecule has 244 valence electrons. The molecule has 2 aromatic carbocycles. The van der Waals surface area contributed by atoms with Gasteiger partial charge in [-0.15, -0.1) is 0 Å². The number of allylic oxidation sites excluding steroid dienone is 1. The molecule has 1 N–H and O–H groups in total. The summed E-state index contributed by atoms with van der Waals surface area (Å²) in [5, 5.41) is 9.46. The second kappa shape index (κ2) is 13.3. The van der Waals surface area contributed by atoms with Crippen molar-refractivity contribution in [3.8, 4) is 11.5 Å². The molecule has 0 aromatic heterocycles. The first-order chi connectivity index (χ1) is 21.6. The molecular formula is C42H58O3. The summed E-state index contributed by atoms with van der Waals surface area (Å²) < 4.78 is 6.58. The molecule has 0 radical (unpaired) electrons. The Bertz CT molecular complexity index is 1320. The highest BCUT2D eigenvalue weighted by Gasteiger charge is 2.60. The molecular weight excluding hydrogens is 552 g/mol. The average Bonchev–Trinajstić information content (AvgIpc) is 3.38. The molecule has 0 amide bonds. The largest absolute Gasteiger partial charge is 0.508 e. The van der Waals surface area contributed by atoms with E-state index < -0.39 is 0 Å². The first-order valence-electron chi connectivity index (χ1n) is 18.3. The molecule has 45 heavy (non-hydrogen) atoms. The molecule has 5 unspecified atom stereocenters. The van der Waals surface area contributed by atoms with Gasteiger partial charge in [0.15, 0.2) is 5.78 Å². The number of fused-ring (bicyclic) bond motifs is 5. The van der Waals surface area contributed by atoms with E-state index in [1.165, 1.54) is 70.6 Å². The minimum absolute atomic E-state index is 0.0300. The number of carbonyl (C=O) groups is 1. The first kappa shape index (κ1) is 32.4. The second-order valence-electron chi connectivity index (χ2n) is 16.5. The topological polar surface area (TPSA) is 46.5 Å². The van der Waals surface area contributed by atoms with Crippen LogP contribution in [0.1, 0.15) is 128 Å². The van der Waals surface area contributed by atoms with Crippen LogP contribution < -0.4 is 4.74 Å². The van der Waals surface area contributed by atoms with Gasteiger partial charge in [0, 0.05) is 5.56 Å². The van der Waals surface area contributed by atoms with E-state index in [9.17, 15) is 9.90 Å². The number of benzene rings is 2. The van der Waals surface area contributed by atoms with Crippen molar-refractivity contribution in [1.29, 1.82) is 0 Å². The summed E-state index contributed by atoms with van der Waals surface area (Å²) >= 11 is 0. The number of ketones is 1. The third kappa shape index (κ3) is 6.66. The van der Waals surface area contributed by atoms with Crippen LogP contribution in [0.4, 0.5) is 0 Å². The highest BCUT2D eigenvalue weighted by atomic mass is 16.5. The van der Waals surface area contributed by atoms with Crippen LogP contribution in [0, 0.1) is 52.3 Å². The Balaban J connectivity index is 1.04. The van der Waals surface area contributed by atoms with Gasteiger partial charge < -0.3 is 9.84 Å². The van der Waals surface area contributed by atoms with Gasteiger partial charge in [0.05, 0.1) is 6.10 Å². The standard InChI is InChI=1S/C42H58O3/c1-28(2)7-6-8-29(3)37-20-21-38-36-19-14-32-27-35(23-25-41(32,4)39(36)24-26-42(37,38)5)45-34-17-12-31(13-18-34)40(44)22-11-30-9-15-33(43)16-10-30/h9-13,15-18,22,28-29,32,35-39,43H,6-8,14,19-21,23-27H2,1-5H3/t29-,32?,35?,36?,37-,38?,39?,41+,42-/m1/s1. The maximum atomic E-state index is 12.7. The van der Waals surface area contributed by atoms with Crippen molar-refractivity contribution >= 4 is 11.9 Å². The molecule has 0 spiro atoms. The van der Waals surface area contributed by atoms with Crippen molar-refractivity contribution in [1.82, 2.24) is 0 Å². The van der Waals surface area contributed by atoms with Gasteiger partial charge in [0.2, 0.25) is 0 Å². The van der Waals surface area contributed by atoms with Gasteiger partial charge in [-0.1, -0.05) is 72.1 Å². The lowest BCUT2D eigenvalue weighted by atomic mass is 9.44. The van der Waals surface area contributed by atoms with Crippen LogP contribution in [0.5, 0.6) is 11.5 Å². The lowest BCUT2D eigenvalue weighted by Gasteiger charge is -2.61. The van der Waals surface area contributed by atoms with Gasteiger partial charge in [-0.25, -0.2) is 0 Å². The Morgan fingerprint density at radius 1 is 0.867 bits per heavy atom. The van der Waals surface area contributed by atoms with Gasteiger partial charge in [-0.05, 0) is 158 Å². The molecule has 9 atom stereocenters. The molecule has 3 heteroatoms. The molecule has 3 nitrogen and oxygen atoms in total. The van der Waals surface area contributed by atoms with E-state index >= 15 is 0 Å². The van der Waals surface area contributed by atoms with Gasteiger partial charge in [-0.3, -0.25) is 4.79 Å². The summed E-state index contributed by atoms with van der Waals surface area (Å²) in [6.07, 6.45) is 20.1. The van der Waals surface area contributed by atoms with E-state index in [-0.39, 0.29) is 17.6 Å². The number of hydrogen-bond acceptors (Lipinski definition) is 3. The van der Waals surface area contributed by atoms with E-state index in [4.69, 9.17) is 4.74 Å². The molecule has 4 aliphatic carbocycles. The van der Waals surface area contributed by atoms with Gasteiger partial charge in [-0.2, -0.15) is 0 Å². The highest BCUT2D eigenvalue weighted by Crippen LogP contribution is 2.68. The zero-order chi connectivity index (χ0) is 31.8. The smallest absolute Gasteiger partial charge is 0.185 e. The summed E-state index contributed by atoms with van der Waals surface area (Å²) in [5.74, 6) is 7.25. The van der Waals surface area contributed by atoms with E-state index in [2.05, 4.69) is 34.6 Å². The summed E-state index contributed by atoms with van der Waals surface area (Å²) in [6, 6.07) is 14.5. The molecule has 4 saturated carbocycles. The molecule has 0 saturated heterocycles. The van der Waals surface area contributed by atoms with Crippen LogP contribution in [-0.2, 0) is 0 Å². The molecule has 0 bridgehead atoms. The first-order valence-corrected chi connectivity index (χ1v) is 18.3. The van der Waals surface area contributed by atoms with Crippen LogP contribution in [0.3, 0.4) is 0 Å². The number of phenols is 1. The zero-order valence-corrected chi connectivity index (χ0v) is 28.6. The normalized spacial score (nSPS) is 35.1. The second-order valence-corrected chi connectivity index (χ2v) is 16.5. The molecule has 0 aliphatic heterocycles. The van der Waals surface area contributed by atoms with Gasteiger partial charge in [0.1, 0.15) is 11.5 Å². The predicted molar refractivity (Wildman–Crippen MR) is 185 cm³/mol. The van der Waals surface area contributed by atoms with E-state index in [0.717, 1.165) is 59.2 Å². The number of ether oxygens (including phenoxy) is 1. The minimum Gasteiger partial charge on any atom is -0.508 e. The number of aromatic hydroxyl groups is 1. The maximum Gasteiger partial charge on any atom is 0.185 e. The third-order valence-electron chi connectivity index (χ3n) is 13.6. The third-order valence-corrected chi connectivity index (χ3v) is 13.6. The quantitative estimate of drug-likeness (QED) is 0.215. The lowest BCUT2D eigenvalue weighted by molar-refractivity contribution is -0.126. The van der Waals surface area contributed by atoms with Crippen LogP contribution in [0.15, 0.2) is 54.6 Å². The maximum absolute atomic E-state index is 12.7. The van der Waals surface area contributed by atoms with E-state index in [1.54, 1.807) is 36.4 Å². The monoisotopic (exact) mass is 610 g/mol. The fourth-order valence-electron chi connectivity index (χ4n) is 11.1. The van der Waals surface area contributed by atoms with E-state index in [1.807, 2.05) is 24.3 Å². The van der Waals surface area contributed by atoms with Gasteiger partial charge in [0.25, 0.3) is 0 Å². The Kier molecular flexibility index (Phi) is 9.56. The van der Waals surface area contributed by atoms with Crippen molar-refractivity contribution in [3.63, 3.8) is 0 Å². The SMILES string of the molecule is CC(C)CCC[C@@H](C)[C@H]1CCC2C3CCC4CC(Oc5ccc(C(=O)C=Cc6ccc(O)cc6)cc5)CC[C@]4(C)C3CC[C@@]21C. The Hall–Kier alpha value is -2.55. The lowest BCUT2D eigenvalue weighted by Crippen LogP contribution is -2.54. The number of rotatable bonds is 10. The number of phenolic OH excluding ortho intramolecular Hbond substituents is 1. The van der Waals surface area contributed by atoms with Crippen LogP contribution in [-0.4, -0.2) is 17.0 Å². The van der Waals surface area contributed by atoms with Crippen molar-refractivity contribution in [2.24, 2.45) is 52.3 Å². The highest BCUT2D eigenvalue weighted by molar-refractivity contribution is 6.06. The molecule has 0 heterocycles. The predicted octanol–water partition coefficient (Wildman–Crippen LogP) is 11.2. The Morgan fingerprint density at radius 2 is 1.58 bits per heavy atom. The zero-order valence-electron chi connectivity index (χ0n) is 28.6. The van der Waals surface area contributed by atoms with Crippen molar-refractivity contribution in [2.75, 3.05) is 0 Å². The summed E-state index contributed by atoms with van der Waals surface area (Å²) in [4.78, 5) is 12.7. The number of hydrogen-bond donors (Lipinski definition) is 1. The van der Waals surface area contributed by atoms with Crippen molar-refractivity contribution in [2.45, 2.75) is 118 Å². The van der Waals surface area contributed by atoms with Crippen molar-refractivity contribution < 1.29 is 14.6 Å². The Labute approximate surface area is 273 Å². The summed E-state index contributed by atoms with van der Waals surface area (Å²) in [5.41, 5.74) is 2.58. The Morgan fingerprint density at radius 3 is 2.31 bits per heavy atom. The molecule has 6 rings (SSSR count). The summed E-state index contributed by atoms with van der Waals surface area (Å²) in [6.45, 7) is 12.7. The van der Waals surface area contributed by atoms with Crippen LogP contribution in [0.25, 0.3) is 6.08 Å². The van der Waals surface area contributed by atoms with Crippen LogP contribution >= 0.6 is 0 Å². The van der Waals surface area contributed by atoms with Gasteiger partial charge >= 0.3 is 0 Å². The molecule has 2 aromatic rings. The minimum atomic E-state index is -0.0300. The fourth-order valence-corrected chi connectivity index (χ4v) is 11.1.